The lowest BCUT2D eigenvalue weighted by atomic mass is 9.88. The van der Waals surface area contributed by atoms with Gasteiger partial charge in [0, 0.05) is 49.7 Å². The standard InChI is InChI=1S/C32H41F17N6O5S/c33-25(34,26(35,36)27(37,38)28(39,40)29(41,42)30(43,44)31(45,46)32(47,48)49)8-3-5-19-17-55(54-53-19)10-4-11-58-13-15-60-16-14-59-12-9-50-22(56)7-2-1-6-21-23-20(18-61-21)51-24(57)52-23/h17,20-21,23H,1-16,18H2,(H,50,56)(H2,51,52,57)/t20-,21-,23-/m0/s1. The molecule has 1 aromatic heterocycles. The van der Waals surface area contributed by atoms with Gasteiger partial charge in [-0.15, -0.1) is 5.10 Å². The highest BCUT2D eigenvalue weighted by Gasteiger charge is 2.95. The molecule has 3 atom stereocenters. The van der Waals surface area contributed by atoms with Crippen LogP contribution in [0.1, 0.15) is 50.6 Å². The van der Waals surface area contributed by atoms with Crippen molar-refractivity contribution in [3.8, 4) is 0 Å². The van der Waals surface area contributed by atoms with Crippen molar-refractivity contribution >= 4 is 23.7 Å². The number of ether oxygens (including phenoxy) is 3. The Kier molecular flexibility index (Phi) is 17.7. The van der Waals surface area contributed by atoms with Crippen molar-refractivity contribution in [2.24, 2.45) is 0 Å². The van der Waals surface area contributed by atoms with Crippen molar-refractivity contribution in [2.45, 2.75) is 123 Å². The van der Waals surface area contributed by atoms with Crippen LogP contribution in [0.5, 0.6) is 0 Å². The van der Waals surface area contributed by atoms with Crippen LogP contribution in [0.15, 0.2) is 6.20 Å². The number of rotatable bonds is 28. The van der Waals surface area contributed by atoms with Crippen molar-refractivity contribution in [3.05, 3.63) is 11.9 Å². The Labute approximate surface area is 339 Å². The summed E-state index contributed by atoms with van der Waals surface area (Å²) in [4.78, 5) is 23.5. The molecule has 3 amide bonds. The predicted octanol–water partition coefficient (Wildman–Crippen LogP) is 6.89. The number of urea groups is 1. The molecule has 0 radical (unpaired) electrons. The van der Waals surface area contributed by atoms with E-state index in [9.17, 15) is 84.2 Å². The molecule has 1 aromatic rings. The largest absolute Gasteiger partial charge is 0.460 e. The molecular formula is C32H41F17N6O5S. The second-order valence-corrected chi connectivity index (χ2v) is 15.2. The summed E-state index contributed by atoms with van der Waals surface area (Å²) in [7, 11) is 0. The molecule has 0 saturated carbocycles. The molecule has 0 bridgehead atoms. The first-order valence-electron chi connectivity index (χ1n) is 18.3. The van der Waals surface area contributed by atoms with Gasteiger partial charge in [0.05, 0.1) is 50.8 Å². The highest BCUT2D eigenvalue weighted by atomic mass is 32.2. The Morgan fingerprint density at radius 1 is 0.721 bits per heavy atom. The zero-order valence-corrected chi connectivity index (χ0v) is 32.4. The van der Waals surface area contributed by atoms with E-state index in [4.69, 9.17) is 14.2 Å². The fourth-order valence-corrected chi connectivity index (χ4v) is 7.45. The summed E-state index contributed by atoms with van der Waals surface area (Å²) in [6.45, 7) is 1.54. The van der Waals surface area contributed by atoms with Crippen molar-refractivity contribution in [1.29, 1.82) is 0 Å². The third kappa shape index (κ3) is 11.9. The quantitative estimate of drug-likeness (QED) is 0.0471. The normalized spacial score (nSPS) is 19.6. The van der Waals surface area contributed by atoms with E-state index in [1.54, 1.807) is 0 Å². The van der Waals surface area contributed by atoms with Gasteiger partial charge in [-0.25, -0.2) is 4.79 Å². The lowest BCUT2D eigenvalue weighted by molar-refractivity contribution is -0.461. The van der Waals surface area contributed by atoms with E-state index in [2.05, 4.69) is 26.3 Å². The minimum absolute atomic E-state index is 0.0687. The molecule has 2 aliphatic rings. The van der Waals surface area contributed by atoms with Crippen LogP contribution in [0.3, 0.4) is 0 Å². The highest BCUT2D eigenvalue weighted by Crippen LogP contribution is 2.64. The Balaban J connectivity index is 1.25. The van der Waals surface area contributed by atoms with E-state index in [0.29, 0.717) is 24.6 Å². The number of carbonyl (C=O) groups excluding carboxylic acids is 2. The van der Waals surface area contributed by atoms with Crippen LogP contribution in [-0.2, 0) is 32.0 Å². The van der Waals surface area contributed by atoms with Crippen LogP contribution in [0.25, 0.3) is 0 Å². The van der Waals surface area contributed by atoms with Gasteiger partial charge in [0.25, 0.3) is 0 Å². The van der Waals surface area contributed by atoms with E-state index in [-0.39, 0.29) is 82.3 Å². The number of unbranched alkanes of at least 4 members (excludes halogenated alkanes) is 1. The Morgan fingerprint density at radius 3 is 1.89 bits per heavy atom. The van der Waals surface area contributed by atoms with Crippen LogP contribution in [0.4, 0.5) is 79.4 Å². The van der Waals surface area contributed by atoms with E-state index >= 15 is 0 Å². The number of nitrogens with one attached hydrogen (secondary N) is 3. The zero-order chi connectivity index (χ0) is 46.1. The van der Waals surface area contributed by atoms with Gasteiger partial charge in [0.2, 0.25) is 5.91 Å². The molecule has 2 aliphatic heterocycles. The van der Waals surface area contributed by atoms with Crippen molar-refractivity contribution < 1.29 is 98.4 Å². The number of aryl methyl sites for hydroxylation is 2. The SMILES string of the molecule is O=C(CCCC[C@@H]1SC[C@@H]2NC(=O)N[C@@H]21)NCCOCCOCCOCCCn1cc(CCCC(F)(F)C(F)(F)C(F)(F)C(F)(F)C(F)(F)C(F)(F)C(F)(F)C(F)(F)F)nn1. The number of hydrogen-bond donors (Lipinski definition) is 3. The van der Waals surface area contributed by atoms with Crippen LogP contribution in [0, 0.1) is 0 Å². The van der Waals surface area contributed by atoms with Crippen molar-refractivity contribution in [1.82, 2.24) is 30.9 Å². The van der Waals surface area contributed by atoms with Gasteiger partial charge in [-0.2, -0.15) is 86.4 Å². The molecule has 3 rings (SSSR count). The Hall–Kier alpha value is -3.08. The summed E-state index contributed by atoms with van der Waals surface area (Å²) >= 11 is 1.81. The highest BCUT2D eigenvalue weighted by molar-refractivity contribution is 8.00. The van der Waals surface area contributed by atoms with Gasteiger partial charge in [0.1, 0.15) is 0 Å². The fourth-order valence-electron chi connectivity index (χ4n) is 5.90. The number of nitrogens with zero attached hydrogens (tertiary/aromatic N) is 3. The topological polar surface area (TPSA) is 129 Å². The number of carbonyl (C=O) groups is 2. The molecule has 3 N–H and O–H groups in total. The van der Waals surface area contributed by atoms with Gasteiger partial charge in [-0.1, -0.05) is 11.6 Å². The van der Waals surface area contributed by atoms with Crippen LogP contribution in [0.2, 0.25) is 0 Å². The Bertz CT molecular complexity index is 1570. The molecular weight excluding hydrogens is 903 g/mol. The molecule has 2 saturated heterocycles. The van der Waals surface area contributed by atoms with Crippen LogP contribution >= 0.6 is 11.8 Å². The summed E-state index contributed by atoms with van der Waals surface area (Å²) in [5, 5.41) is 15.9. The summed E-state index contributed by atoms with van der Waals surface area (Å²) in [6.07, 6.45) is -8.32. The maximum atomic E-state index is 14.2. The second kappa shape index (κ2) is 20.6. The van der Waals surface area contributed by atoms with Gasteiger partial charge in [0.15, 0.2) is 0 Å². The Morgan fingerprint density at radius 2 is 1.28 bits per heavy atom. The molecule has 0 unspecified atom stereocenters. The van der Waals surface area contributed by atoms with Gasteiger partial charge in [-0.3, -0.25) is 9.48 Å². The third-order valence-electron chi connectivity index (χ3n) is 9.37. The van der Waals surface area contributed by atoms with E-state index in [0.717, 1.165) is 29.5 Å². The van der Waals surface area contributed by atoms with Gasteiger partial charge in [-0.05, 0) is 32.1 Å². The average Bonchev–Trinajstić information content (AvgIpc) is 3.87. The van der Waals surface area contributed by atoms with Gasteiger partial charge >= 0.3 is 53.7 Å². The molecule has 61 heavy (non-hydrogen) atoms. The maximum Gasteiger partial charge on any atom is 0.460 e. The first-order chi connectivity index (χ1) is 28.0. The monoisotopic (exact) mass is 944 g/mol. The smallest absolute Gasteiger partial charge is 0.379 e. The van der Waals surface area contributed by atoms with Gasteiger partial charge < -0.3 is 30.2 Å². The minimum Gasteiger partial charge on any atom is -0.379 e. The maximum absolute atomic E-state index is 14.2. The molecule has 29 heteroatoms. The van der Waals surface area contributed by atoms with Crippen LogP contribution in [-0.4, -0.2) is 144 Å². The molecule has 0 aliphatic carbocycles. The number of alkyl halides is 17. The number of amides is 3. The molecule has 3 heterocycles. The minimum atomic E-state index is -8.66. The number of aromatic nitrogens is 3. The fraction of sp³-hybridized carbons (Fsp3) is 0.875. The average molecular weight is 945 g/mol. The van der Waals surface area contributed by atoms with E-state index < -0.39 is 66.9 Å². The molecule has 0 aromatic carbocycles. The van der Waals surface area contributed by atoms with E-state index in [1.807, 2.05) is 11.8 Å². The van der Waals surface area contributed by atoms with E-state index in [1.165, 1.54) is 0 Å². The predicted molar refractivity (Wildman–Crippen MR) is 178 cm³/mol. The molecule has 354 valence electrons. The lowest BCUT2D eigenvalue weighted by Gasteiger charge is -2.42. The number of hydrogen-bond acceptors (Lipinski definition) is 8. The summed E-state index contributed by atoms with van der Waals surface area (Å²) in [6, 6.07) is 0.132. The molecule has 0 spiro atoms. The second-order valence-electron chi connectivity index (χ2n) is 13.9. The molecule has 11 nitrogen and oxygen atoms in total. The number of halogens is 17. The summed E-state index contributed by atoms with van der Waals surface area (Å²) in [5.41, 5.74) is -0.265. The lowest BCUT2D eigenvalue weighted by Crippen LogP contribution is -2.74. The molecule has 2 fully saturated rings. The first-order valence-corrected chi connectivity index (χ1v) is 19.4. The summed E-state index contributed by atoms with van der Waals surface area (Å²) in [5.74, 6) is -55.7. The van der Waals surface area contributed by atoms with Crippen molar-refractivity contribution in [2.75, 3.05) is 51.9 Å². The van der Waals surface area contributed by atoms with Crippen LogP contribution < -0.4 is 16.0 Å². The summed E-state index contributed by atoms with van der Waals surface area (Å²) < 4.78 is 246. The van der Waals surface area contributed by atoms with Crippen molar-refractivity contribution in [3.63, 3.8) is 0 Å². The number of fused-ring (bicyclic) bond motifs is 1. The number of thioether (sulfide) groups is 1. The first kappa shape index (κ1) is 52.3. The third-order valence-corrected chi connectivity index (χ3v) is 10.9. The zero-order valence-electron chi connectivity index (χ0n) is 31.5.